The van der Waals surface area contributed by atoms with E-state index in [1.54, 1.807) is 0 Å². The molecule has 0 spiro atoms. The molecule has 0 aliphatic rings. The van der Waals surface area contributed by atoms with Crippen molar-refractivity contribution in [3.05, 3.63) is 121 Å². The number of anilines is 2. The zero-order valence-corrected chi connectivity index (χ0v) is 21.7. The molecule has 0 radical (unpaired) electrons. The Morgan fingerprint density at radius 2 is 0.800 bits per heavy atom. The van der Waals surface area contributed by atoms with E-state index in [-0.39, 0.29) is 0 Å². The summed E-state index contributed by atoms with van der Waals surface area (Å²) in [4.78, 5) is 7.19. The Labute approximate surface area is 230 Å². The minimum Gasteiger partial charge on any atom is -0.397 e. The number of rotatable bonds is 3. The fraction of sp³-hybridized carbons (Fsp3) is 0. The molecule has 0 amide bonds. The third-order valence-corrected chi connectivity index (χ3v) is 8.17. The number of nitrogens with one attached hydrogen (secondary N) is 2. The van der Waals surface area contributed by atoms with Gasteiger partial charge in [0.05, 0.1) is 22.4 Å². The highest BCUT2D eigenvalue weighted by molar-refractivity contribution is 6.14. The van der Waals surface area contributed by atoms with E-state index in [0.29, 0.717) is 11.4 Å². The second-order valence-corrected chi connectivity index (χ2v) is 10.4. The third-order valence-electron chi connectivity index (χ3n) is 8.17. The summed E-state index contributed by atoms with van der Waals surface area (Å²) < 4.78 is 0. The fourth-order valence-corrected chi connectivity index (χ4v) is 6.16. The number of H-pyrrole nitrogens is 2. The number of hydrogen-bond acceptors (Lipinski definition) is 2. The summed E-state index contributed by atoms with van der Waals surface area (Å²) in [7, 11) is 0. The van der Waals surface area contributed by atoms with Crippen LogP contribution in [0.1, 0.15) is 0 Å². The van der Waals surface area contributed by atoms with Crippen LogP contribution in [0.5, 0.6) is 0 Å². The number of para-hydroxylation sites is 4. The fourth-order valence-electron chi connectivity index (χ4n) is 6.16. The first-order chi connectivity index (χ1) is 19.7. The number of nitrogens with two attached hydrogens (primary N) is 2. The standard InChI is InChI=1S/C36H26N4/c37-33-23(19-20-27(34(33)38)30-12-6-11-29-26-8-2-4-14-32(26)40-36(29)30)21-15-17-22(18-16-21)24-9-5-10-28-25-7-1-3-13-31(25)39-35(24)28/h1-20,39-40H,37-38H2. The van der Waals surface area contributed by atoms with Gasteiger partial charge in [-0.15, -0.1) is 0 Å². The Morgan fingerprint density at radius 1 is 0.350 bits per heavy atom. The van der Waals surface area contributed by atoms with Crippen LogP contribution in [-0.2, 0) is 0 Å². The quantitative estimate of drug-likeness (QED) is 0.177. The first kappa shape index (κ1) is 22.5. The van der Waals surface area contributed by atoms with Gasteiger partial charge in [0.1, 0.15) is 0 Å². The van der Waals surface area contributed by atoms with Crippen molar-refractivity contribution in [1.82, 2.24) is 9.97 Å². The maximum atomic E-state index is 6.72. The topological polar surface area (TPSA) is 83.6 Å². The van der Waals surface area contributed by atoms with E-state index in [2.05, 4.69) is 125 Å². The second kappa shape index (κ2) is 8.52. The maximum Gasteiger partial charge on any atom is 0.0634 e. The minimum absolute atomic E-state index is 0.593. The van der Waals surface area contributed by atoms with E-state index in [4.69, 9.17) is 11.5 Å². The van der Waals surface area contributed by atoms with Crippen molar-refractivity contribution in [2.45, 2.75) is 0 Å². The number of hydrogen-bond donors (Lipinski definition) is 4. The largest absolute Gasteiger partial charge is 0.397 e. The van der Waals surface area contributed by atoms with Gasteiger partial charge in [-0.25, -0.2) is 0 Å². The third kappa shape index (κ3) is 3.26. The predicted molar refractivity (Wildman–Crippen MR) is 170 cm³/mol. The molecule has 0 bridgehead atoms. The Hall–Kier alpha value is -5.48. The first-order valence-corrected chi connectivity index (χ1v) is 13.5. The first-order valence-electron chi connectivity index (χ1n) is 13.5. The summed E-state index contributed by atoms with van der Waals surface area (Å²) >= 11 is 0. The summed E-state index contributed by atoms with van der Waals surface area (Å²) in [5, 5.41) is 4.85. The smallest absolute Gasteiger partial charge is 0.0634 e. The summed E-state index contributed by atoms with van der Waals surface area (Å²) in [6.45, 7) is 0. The Balaban J connectivity index is 1.20. The Kier molecular flexibility index (Phi) is 4.79. The molecule has 0 saturated heterocycles. The lowest BCUT2D eigenvalue weighted by molar-refractivity contribution is 1.52. The number of aromatic amines is 2. The molecule has 0 unspecified atom stereocenters. The summed E-state index contributed by atoms with van der Waals surface area (Å²) in [6.07, 6.45) is 0. The van der Waals surface area contributed by atoms with Crippen molar-refractivity contribution < 1.29 is 0 Å². The van der Waals surface area contributed by atoms with E-state index in [1.165, 1.54) is 27.1 Å². The van der Waals surface area contributed by atoms with Crippen LogP contribution < -0.4 is 11.5 Å². The highest BCUT2D eigenvalue weighted by Crippen LogP contribution is 2.41. The van der Waals surface area contributed by atoms with Gasteiger partial charge in [-0.1, -0.05) is 109 Å². The van der Waals surface area contributed by atoms with E-state index < -0.39 is 0 Å². The lowest BCUT2D eigenvalue weighted by Gasteiger charge is -2.14. The van der Waals surface area contributed by atoms with Crippen LogP contribution >= 0.6 is 0 Å². The van der Waals surface area contributed by atoms with Crippen LogP contribution in [0.25, 0.3) is 77.0 Å². The number of benzene rings is 6. The van der Waals surface area contributed by atoms with Gasteiger partial charge in [-0.2, -0.15) is 0 Å². The summed E-state index contributed by atoms with van der Waals surface area (Å²) in [5.74, 6) is 0. The molecule has 2 aromatic heterocycles. The molecule has 0 atom stereocenters. The molecule has 8 rings (SSSR count). The van der Waals surface area contributed by atoms with Gasteiger partial charge < -0.3 is 21.4 Å². The Morgan fingerprint density at radius 3 is 1.43 bits per heavy atom. The molecule has 6 aromatic carbocycles. The number of nitrogen functional groups attached to an aromatic ring is 2. The Bertz CT molecular complexity index is 2230. The van der Waals surface area contributed by atoms with Crippen LogP contribution in [0.4, 0.5) is 11.4 Å². The molecule has 190 valence electrons. The summed E-state index contributed by atoms with van der Waals surface area (Å²) in [5.41, 5.74) is 25.3. The lowest BCUT2D eigenvalue weighted by Crippen LogP contribution is -2.00. The second-order valence-electron chi connectivity index (χ2n) is 10.4. The van der Waals surface area contributed by atoms with Crippen molar-refractivity contribution in [3.63, 3.8) is 0 Å². The van der Waals surface area contributed by atoms with Gasteiger partial charge in [0.15, 0.2) is 0 Å². The molecule has 2 heterocycles. The van der Waals surface area contributed by atoms with Gasteiger partial charge >= 0.3 is 0 Å². The maximum absolute atomic E-state index is 6.72. The van der Waals surface area contributed by atoms with Gasteiger partial charge in [0.25, 0.3) is 0 Å². The molecule has 8 aromatic rings. The molecule has 0 aliphatic heterocycles. The molecule has 4 nitrogen and oxygen atoms in total. The highest BCUT2D eigenvalue weighted by Gasteiger charge is 2.16. The highest BCUT2D eigenvalue weighted by atomic mass is 14.7. The van der Waals surface area contributed by atoms with Crippen molar-refractivity contribution >= 4 is 55.0 Å². The molecule has 0 fully saturated rings. The average Bonchev–Trinajstić information content (AvgIpc) is 3.57. The van der Waals surface area contributed by atoms with Gasteiger partial charge in [-0.05, 0) is 23.3 Å². The molecule has 0 saturated carbocycles. The van der Waals surface area contributed by atoms with Gasteiger partial charge in [0.2, 0.25) is 0 Å². The molecule has 40 heavy (non-hydrogen) atoms. The average molecular weight is 515 g/mol. The van der Waals surface area contributed by atoms with Crippen LogP contribution in [0, 0.1) is 0 Å². The zero-order valence-electron chi connectivity index (χ0n) is 21.7. The molecular formula is C36H26N4. The van der Waals surface area contributed by atoms with E-state index in [9.17, 15) is 0 Å². The van der Waals surface area contributed by atoms with Gasteiger partial charge in [0, 0.05) is 54.8 Å². The SMILES string of the molecule is Nc1c(-c2ccc(-c3cccc4c3[nH]c3ccccc34)cc2)ccc(-c2cccc3c2[nH]c2ccccc23)c1N. The van der Waals surface area contributed by atoms with Crippen LogP contribution in [0.3, 0.4) is 0 Å². The predicted octanol–water partition coefficient (Wildman–Crippen LogP) is 9.12. The van der Waals surface area contributed by atoms with Crippen LogP contribution in [0.2, 0.25) is 0 Å². The lowest BCUT2D eigenvalue weighted by atomic mass is 9.94. The molecule has 4 heteroatoms. The number of aromatic nitrogens is 2. The van der Waals surface area contributed by atoms with E-state index in [1.807, 2.05) is 6.07 Å². The van der Waals surface area contributed by atoms with Crippen LogP contribution in [-0.4, -0.2) is 9.97 Å². The monoisotopic (exact) mass is 514 g/mol. The zero-order chi connectivity index (χ0) is 26.8. The summed E-state index contributed by atoms with van der Waals surface area (Å²) in [6, 6.07) is 42.3. The van der Waals surface area contributed by atoms with Gasteiger partial charge in [-0.3, -0.25) is 0 Å². The minimum atomic E-state index is 0.593. The number of fused-ring (bicyclic) bond motifs is 6. The molecule has 6 N–H and O–H groups in total. The van der Waals surface area contributed by atoms with Crippen molar-refractivity contribution in [1.29, 1.82) is 0 Å². The van der Waals surface area contributed by atoms with E-state index in [0.717, 1.165) is 49.9 Å². The van der Waals surface area contributed by atoms with Crippen LogP contribution in [0.15, 0.2) is 121 Å². The molecular weight excluding hydrogens is 488 g/mol. The van der Waals surface area contributed by atoms with E-state index >= 15 is 0 Å². The van der Waals surface area contributed by atoms with Crippen molar-refractivity contribution in [2.24, 2.45) is 0 Å². The normalized spacial score (nSPS) is 11.7. The van der Waals surface area contributed by atoms with Crippen molar-refractivity contribution in [2.75, 3.05) is 11.5 Å². The van der Waals surface area contributed by atoms with Crippen molar-refractivity contribution in [3.8, 4) is 33.4 Å². The molecule has 0 aliphatic carbocycles.